The molecule has 1 saturated carbocycles. The lowest BCUT2D eigenvalue weighted by Gasteiger charge is -2.16. The van der Waals surface area contributed by atoms with Crippen molar-refractivity contribution < 1.29 is 4.74 Å². The third-order valence-electron chi connectivity index (χ3n) is 3.53. The van der Waals surface area contributed by atoms with Crippen molar-refractivity contribution in [3.8, 4) is 0 Å². The molecule has 2 rings (SSSR count). The van der Waals surface area contributed by atoms with Crippen LogP contribution in [-0.4, -0.2) is 23.1 Å². The maximum absolute atomic E-state index is 5.40. The van der Waals surface area contributed by atoms with E-state index in [1.165, 1.54) is 18.4 Å². The fraction of sp³-hybridized carbons (Fsp3) is 0.714. The van der Waals surface area contributed by atoms with Crippen molar-refractivity contribution in [1.82, 2.24) is 15.3 Å². The number of rotatable bonds is 6. The largest absolute Gasteiger partial charge is 0.373 e. The summed E-state index contributed by atoms with van der Waals surface area (Å²) in [7, 11) is 1.71. The highest BCUT2D eigenvalue weighted by Gasteiger charge is 2.21. The van der Waals surface area contributed by atoms with Gasteiger partial charge in [-0.1, -0.05) is 6.92 Å². The van der Waals surface area contributed by atoms with Crippen molar-refractivity contribution >= 4 is 0 Å². The molecule has 0 bridgehead atoms. The molecule has 1 aliphatic carbocycles. The zero-order valence-corrected chi connectivity index (χ0v) is 11.8. The smallest absolute Gasteiger partial charge is 0.157 e. The maximum atomic E-state index is 5.40. The molecule has 1 aromatic heterocycles. The highest BCUT2D eigenvalue weighted by Crippen LogP contribution is 2.22. The molecule has 1 aromatic rings. The number of nitrogens with one attached hydrogen (secondary N) is 1. The third-order valence-corrected chi connectivity index (χ3v) is 3.53. The van der Waals surface area contributed by atoms with Crippen molar-refractivity contribution in [3.63, 3.8) is 0 Å². The zero-order chi connectivity index (χ0) is 13.1. The lowest BCUT2D eigenvalue weighted by molar-refractivity contribution is 0.0922. The van der Waals surface area contributed by atoms with Crippen LogP contribution in [0.25, 0.3) is 0 Å². The van der Waals surface area contributed by atoms with Gasteiger partial charge in [-0.3, -0.25) is 0 Å². The van der Waals surface area contributed by atoms with Gasteiger partial charge in [-0.05, 0) is 33.1 Å². The van der Waals surface area contributed by atoms with Crippen LogP contribution >= 0.6 is 0 Å². The SMILES string of the molecule is CCC(OC)c1nc(C)c(CNC2CC2)c(C)n1. The predicted octanol–water partition coefficient (Wildman–Crippen LogP) is 2.44. The predicted molar refractivity (Wildman–Crippen MR) is 71.4 cm³/mol. The van der Waals surface area contributed by atoms with E-state index in [-0.39, 0.29) is 6.10 Å². The van der Waals surface area contributed by atoms with E-state index >= 15 is 0 Å². The number of aryl methyl sites for hydroxylation is 2. The maximum Gasteiger partial charge on any atom is 0.157 e. The number of hydrogen-bond acceptors (Lipinski definition) is 4. The van der Waals surface area contributed by atoms with Crippen LogP contribution in [0.5, 0.6) is 0 Å². The lowest BCUT2D eigenvalue weighted by Crippen LogP contribution is -2.19. The van der Waals surface area contributed by atoms with E-state index < -0.39 is 0 Å². The molecule has 0 saturated heterocycles. The number of hydrogen-bond donors (Lipinski definition) is 1. The Balaban J connectivity index is 2.16. The van der Waals surface area contributed by atoms with Crippen LogP contribution in [0.15, 0.2) is 0 Å². The first kappa shape index (κ1) is 13.4. The Morgan fingerprint density at radius 1 is 1.28 bits per heavy atom. The van der Waals surface area contributed by atoms with Crippen LogP contribution in [0.1, 0.15) is 55.1 Å². The van der Waals surface area contributed by atoms with E-state index in [0.717, 1.165) is 30.2 Å². The monoisotopic (exact) mass is 249 g/mol. The van der Waals surface area contributed by atoms with Crippen molar-refractivity contribution in [3.05, 3.63) is 22.8 Å². The van der Waals surface area contributed by atoms with Crippen molar-refractivity contribution in [1.29, 1.82) is 0 Å². The van der Waals surface area contributed by atoms with Crippen LogP contribution in [0.4, 0.5) is 0 Å². The summed E-state index contributed by atoms with van der Waals surface area (Å²) in [5, 5.41) is 3.52. The summed E-state index contributed by atoms with van der Waals surface area (Å²) in [5.41, 5.74) is 3.37. The summed E-state index contributed by atoms with van der Waals surface area (Å²) in [6.07, 6.45) is 3.51. The standard InChI is InChI=1S/C14H23N3O/c1-5-13(18-4)14-16-9(2)12(10(3)17-14)8-15-11-6-7-11/h11,13,15H,5-8H2,1-4H3. The van der Waals surface area contributed by atoms with Gasteiger partial charge in [0.2, 0.25) is 0 Å². The van der Waals surface area contributed by atoms with Crippen molar-refractivity contribution in [2.45, 2.75) is 58.7 Å². The van der Waals surface area contributed by atoms with Gasteiger partial charge in [0.1, 0.15) is 6.10 Å². The number of aromatic nitrogens is 2. The fourth-order valence-corrected chi connectivity index (χ4v) is 2.15. The molecule has 1 heterocycles. The van der Waals surface area contributed by atoms with Gasteiger partial charge in [-0.25, -0.2) is 9.97 Å². The molecule has 4 nitrogen and oxygen atoms in total. The average molecular weight is 249 g/mol. The number of methoxy groups -OCH3 is 1. The average Bonchev–Trinajstić information content (AvgIpc) is 3.13. The minimum absolute atomic E-state index is 0.00726. The van der Waals surface area contributed by atoms with Crippen LogP contribution in [0, 0.1) is 13.8 Å². The normalized spacial score (nSPS) is 16.9. The molecule has 0 aliphatic heterocycles. The quantitative estimate of drug-likeness (QED) is 0.841. The molecule has 1 atom stereocenters. The van der Waals surface area contributed by atoms with E-state index in [4.69, 9.17) is 4.74 Å². The van der Waals surface area contributed by atoms with Gasteiger partial charge in [0.25, 0.3) is 0 Å². The summed E-state index contributed by atoms with van der Waals surface area (Å²) in [4.78, 5) is 9.20. The van der Waals surface area contributed by atoms with Crippen LogP contribution in [0.3, 0.4) is 0 Å². The molecule has 18 heavy (non-hydrogen) atoms. The van der Waals surface area contributed by atoms with Gasteiger partial charge < -0.3 is 10.1 Å². The molecule has 1 fully saturated rings. The highest BCUT2D eigenvalue weighted by atomic mass is 16.5. The summed E-state index contributed by atoms with van der Waals surface area (Å²) in [6.45, 7) is 7.09. The molecule has 1 unspecified atom stereocenters. The first-order chi connectivity index (χ1) is 8.65. The Bertz CT molecular complexity index is 388. The zero-order valence-electron chi connectivity index (χ0n) is 11.8. The van der Waals surface area contributed by atoms with Gasteiger partial charge in [-0.2, -0.15) is 0 Å². The molecular weight excluding hydrogens is 226 g/mol. The van der Waals surface area contributed by atoms with Gasteiger partial charge >= 0.3 is 0 Å². The highest BCUT2D eigenvalue weighted by molar-refractivity contribution is 5.25. The first-order valence-electron chi connectivity index (χ1n) is 6.75. The van der Waals surface area contributed by atoms with Crippen molar-refractivity contribution in [2.75, 3.05) is 7.11 Å². The van der Waals surface area contributed by atoms with Crippen LogP contribution < -0.4 is 5.32 Å². The second-order valence-corrected chi connectivity index (χ2v) is 5.02. The Morgan fingerprint density at radius 2 is 1.89 bits per heavy atom. The fourth-order valence-electron chi connectivity index (χ4n) is 2.15. The minimum atomic E-state index is 0.00726. The molecule has 0 spiro atoms. The molecule has 0 aromatic carbocycles. The van der Waals surface area contributed by atoms with Crippen LogP contribution in [0.2, 0.25) is 0 Å². The Kier molecular flexibility index (Phi) is 4.30. The molecule has 0 radical (unpaired) electrons. The summed E-state index contributed by atoms with van der Waals surface area (Å²) in [5.74, 6) is 0.810. The van der Waals surface area contributed by atoms with Gasteiger partial charge in [-0.15, -0.1) is 0 Å². The number of ether oxygens (including phenoxy) is 1. The second kappa shape index (κ2) is 5.76. The molecule has 1 N–H and O–H groups in total. The molecular formula is C14H23N3O. The Morgan fingerprint density at radius 3 is 2.33 bits per heavy atom. The van der Waals surface area contributed by atoms with E-state index in [9.17, 15) is 0 Å². The lowest BCUT2D eigenvalue weighted by atomic mass is 10.1. The molecule has 100 valence electrons. The Labute approximate surface area is 109 Å². The van der Waals surface area contributed by atoms with E-state index in [2.05, 4.69) is 36.1 Å². The van der Waals surface area contributed by atoms with Crippen molar-refractivity contribution in [2.24, 2.45) is 0 Å². The second-order valence-electron chi connectivity index (χ2n) is 5.02. The molecule has 0 amide bonds. The Hall–Kier alpha value is -1.00. The van der Waals surface area contributed by atoms with Gasteiger partial charge in [0, 0.05) is 36.6 Å². The summed E-state index contributed by atoms with van der Waals surface area (Å²) < 4.78 is 5.40. The van der Waals surface area contributed by atoms with E-state index in [1.54, 1.807) is 7.11 Å². The summed E-state index contributed by atoms with van der Waals surface area (Å²) >= 11 is 0. The van der Waals surface area contributed by atoms with E-state index in [1.807, 2.05) is 0 Å². The van der Waals surface area contributed by atoms with Gasteiger partial charge in [0.05, 0.1) is 0 Å². The minimum Gasteiger partial charge on any atom is -0.373 e. The van der Waals surface area contributed by atoms with Crippen LogP contribution in [-0.2, 0) is 11.3 Å². The first-order valence-corrected chi connectivity index (χ1v) is 6.75. The van der Waals surface area contributed by atoms with Gasteiger partial charge in [0.15, 0.2) is 5.82 Å². The topological polar surface area (TPSA) is 47.0 Å². The van der Waals surface area contributed by atoms with E-state index in [0.29, 0.717) is 6.04 Å². The third kappa shape index (κ3) is 3.06. The summed E-state index contributed by atoms with van der Waals surface area (Å²) in [6, 6.07) is 0.714. The molecule has 4 heteroatoms. The number of nitrogens with zero attached hydrogens (tertiary/aromatic N) is 2. The molecule has 1 aliphatic rings.